The van der Waals surface area contributed by atoms with Gasteiger partial charge in [0, 0.05) is 23.4 Å². The van der Waals surface area contributed by atoms with Crippen molar-refractivity contribution in [1.82, 2.24) is 5.43 Å². The highest BCUT2D eigenvalue weighted by atomic mass is 32.2. The number of carbonyl (C=O) groups excluding carboxylic acids is 1. The zero-order valence-corrected chi connectivity index (χ0v) is 17.7. The molecule has 1 rings (SSSR count). The van der Waals surface area contributed by atoms with Crippen LogP contribution in [0.4, 0.5) is 5.69 Å². The summed E-state index contributed by atoms with van der Waals surface area (Å²) in [5.74, 6) is 0.617. The van der Waals surface area contributed by atoms with E-state index in [1.807, 2.05) is 6.26 Å². The van der Waals surface area contributed by atoms with Crippen LogP contribution in [0.25, 0.3) is 0 Å². The van der Waals surface area contributed by atoms with Crippen LogP contribution in [0.3, 0.4) is 0 Å². The highest BCUT2D eigenvalue weighted by molar-refractivity contribution is 8.38. The summed E-state index contributed by atoms with van der Waals surface area (Å²) in [5, 5.41) is 14.8. The Balaban J connectivity index is 2.27. The van der Waals surface area contributed by atoms with Gasteiger partial charge in [0.05, 0.1) is 4.92 Å². The summed E-state index contributed by atoms with van der Waals surface area (Å²) in [6.07, 6.45) is 12.2. The minimum absolute atomic E-state index is 0.0410. The van der Waals surface area contributed by atoms with E-state index in [0.717, 1.165) is 16.5 Å². The topological polar surface area (TPSA) is 84.6 Å². The minimum Gasteiger partial charge on any atom is -0.267 e. The van der Waals surface area contributed by atoms with Crippen LogP contribution in [0.5, 0.6) is 0 Å². The first-order valence-electron chi connectivity index (χ1n) is 9.37. The quantitative estimate of drug-likeness (QED) is 0.154. The molecule has 0 radical (unpaired) electrons. The normalized spacial score (nSPS) is 11.4. The molecule has 0 aromatic heterocycles. The Labute approximate surface area is 170 Å². The van der Waals surface area contributed by atoms with Gasteiger partial charge < -0.3 is 0 Å². The van der Waals surface area contributed by atoms with Crippen molar-refractivity contribution >= 4 is 39.5 Å². The highest BCUT2D eigenvalue weighted by Crippen LogP contribution is 2.17. The van der Waals surface area contributed by atoms with Gasteiger partial charge in [0.2, 0.25) is 0 Å². The summed E-state index contributed by atoms with van der Waals surface area (Å²) in [6, 6.07) is 5.47. The molecule has 8 heteroatoms. The smallest absolute Gasteiger partial charge is 0.267 e. The molecule has 1 N–H and O–H groups in total. The van der Waals surface area contributed by atoms with Gasteiger partial charge in [-0.25, -0.2) is 5.43 Å². The molecule has 0 aliphatic rings. The molecule has 0 atom stereocenters. The van der Waals surface area contributed by atoms with Crippen LogP contribution < -0.4 is 5.43 Å². The van der Waals surface area contributed by atoms with Crippen molar-refractivity contribution in [2.75, 3.05) is 12.0 Å². The predicted octanol–water partition coefficient (Wildman–Crippen LogP) is 5.83. The van der Waals surface area contributed by atoms with Crippen LogP contribution in [-0.4, -0.2) is 27.2 Å². The predicted molar refractivity (Wildman–Crippen MR) is 117 cm³/mol. The lowest BCUT2D eigenvalue weighted by Crippen LogP contribution is -2.18. The Morgan fingerprint density at radius 3 is 2.22 bits per heavy atom. The average Bonchev–Trinajstić information content (AvgIpc) is 2.68. The van der Waals surface area contributed by atoms with E-state index >= 15 is 0 Å². The molecule has 1 aromatic rings. The maximum Gasteiger partial charge on any atom is 0.271 e. The number of amides is 1. The lowest BCUT2D eigenvalue weighted by atomic mass is 10.1. The minimum atomic E-state index is -0.493. The lowest BCUT2D eigenvalue weighted by Gasteiger charge is -2.05. The monoisotopic (exact) mass is 411 g/mol. The molecule has 0 aliphatic heterocycles. The number of nitrogens with zero attached hydrogens (tertiary/aromatic N) is 2. The molecule has 27 heavy (non-hydrogen) atoms. The van der Waals surface area contributed by atoms with Crippen LogP contribution in [0.1, 0.15) is 68.6 Å². The molecule has 1 amide bonds. The summed E-state index contributed by atoms with van der Waals surface area (Å²) in [6.45, 7) is 2.23. The van der Waals surface area contributed by atoms with Crippen molar-refractivity contribution in [3.8, 4) is 0 Å². The fourth-order valence-electron chi connectivity index (χ4n) is 2.43. The van der Waals surface area contributed by atoms with Crippen LogP contribution in [0, 0.1) is 10.1 Å². The van der Waals surface area contributed by atoms with Crippen molar-refractivity contribution < 1.29 is 9.72 Å². The summed E-state index contributed by atoms with van der Waals surface area (Å²) in [5.41, 5.74) is 2.82. The summed E-state index contributed by atoms with van der Waals surface area (Å²) >= 11 is 3.15. The van der Waals surface area contributed by atoms with Gasteiger partial charge in [-0.15, -0.1) is 11.8 Å². The molecule has 0 aliphatic carbocycles. The van der Waals surface area contributed by atoms with Gasteiger partial charge in [-0.3, -0.25) is 14.9 Å². The van der Waals surface area contributed by atoms with Crippen molar-refractivity contribution in [3.05, 3.63) is 39.9 Å². The fourth-order valence-corrected chi connectivity index (χ4v) is 3.92. The number of non-ortho nitro benzene ring substituents is 1. The third-order valence-electron chi connectivity index (χ3n) is 3.99. The SMILES string of the molecule is CCCCCCCCCCS/C(=N\NC(=O)c1ccc([N+](=O)[O-])cc1)SC. The number of hydrazone groups is 1. The molecule has 0 saturated heterocycles. The lowest BCUT2D eigenvalue weighted by molar-refractivity contribution is -0.384. The third kappa shape index (κ3) is 10.4. The molecule has 150 valence electrons. The first kappa shape index (κ1) is 23.5. The molecule has 6 nitrogen and oxygen atoms in total. The molecule has 0 saturated carbocycles. The number of thioether (sulfide) groups is 2. The van der Waals surface area contributed by atoms with Crippen molar-refractivity contribution in [2.45, 2.75) is 58.3 Å². The number of hydrogen-bond acceptors (Lipinski definition) is 6. The Morgan fingerprint density at radius 1 is 1.07 bits per heavy atom. The summed E-state index contributed by atoms with van der Waals surface area (Å²) in [4.78, 5) is 22.2. The van der Waals surface area contributed by atoms with E-state index in [0.29, 0.717) is 5.56 Å². The van der Waals surface area contributed by atoms with Gasteiger partial charge in [0.15, 0.2) is 0 Å². The Hall–Kier alpha value is -1.54. The van der Waals surface area contributed by atoms with Crippen LogP contribution in [0.15, 0.2) is 29.4 Å². The number of carbonyl (C=O) groups is 1. The van der Waals surface area contributed by atoms with E-state index in [4.69, 9.17) is 0 Å². The number of nitro groups is 1. The molecule has 0 heterocycles. The largest absolute Gasteiger partial charge is 0.271 e. The van der Waals surface area contributed by atoms with Crippen molar-refractivity contribution in [1.29, 1.82) is 0 Å². The van der Waals surface area contributed by atoms with Gasteiger partial charge >= 0.3 is 0 Å². The Bertz CT molecular complexity index is 607. The first-order valence-corrected chi connectivity index (χ1v) is 11.6. The number of hydrogen-bond donors (Lipinski definition) is 1. The Morgan fingerprint density at radius 2 is 1.67 bits per heavy atom. The fraction of sp³-hybridized carbons (Fsp3) is 0.579. The molecule has 0 unspecified atom stereocenters. The van der Waals surface area contributed by atoms with E-state index < -0.39 is 4.92 Å². The molecule has 0 bridgehead atoms. The number of nitrogens with one attached hydrogen (secondary N) is 1. The first-order chi connectivity index (χ1) is 13.1. The molecular formula is C19H29N3O3S2. The summed E-state index contributed by atoms with van der Waals surface area (Å²) in [7, 11) is 0. The Kier molecular flexibility index (Phi) is 12.6. The van der Waals surface area contributed by atoms with Crippen LogP contribution in [0.2, 0.25) is 0 Å². The zero-order chi connectivity index (χ0) is 19.9. The van der Waals surface area contributed by atoms with Crippen LogP contribution >= 0.6 is 23.5 Å². The molecule has 0 fully saturated rings. The molecular weight excluding hydrogens is 382 g/mol. The van der Waals surface area contributed by atoms with E-state index in [1.165, 1.54) is 81.0 Å². The maximum absolute atomic E-state index is 12.1. The molecule has 1 aromatic carbocycles. The van der Waals surface area contributed by atoms with Gasteiger partial charge in [-0.05, 0) is 24.8 Å². The van der Waals surface area contributed by atoms with Crippen molar-refractivity contribution in [2.24, 2.45) is 5.10 Å². The van der Waals surface area contributed by atoms with Gasteiger partial charge in [0.25, 0.3) is 11.6 Å². The second-order valence-electron chi connectivity index (χ2n) is 6.15. The maximum atomic E-state index is 12.1. The number of benzene rings is 1. The van der Waals surface area contributed by atoms with E-state index in [9.17, 15) is 14.9 Å². The second-order valence-corrected chi connectivity index (χ2v) is 8.29. The standard InChI is InChI=1S/C19H29N3O3S2/c1-3-4-5-6-7-8-9-10-15-27-19(26-2)21-20-18(23)16-11-13-17(14-12-16)22(24)25/h11-14H,3-10,15H2,1-2H3,(H,20,23)/b21-19-. The average molecular weight is 412 g/mol. The van der Waals surface area contributed by atoms with Gasteiger partial charge in [0.1, 0.15) is 4.38 Å². The highest BCUT2D eigenvalue weighted by Gasteiger charge is 2.09. The number of nitro benzene ring substituents is 1. The summed E-state index contributed by atoms with van der Waals surface area (Å²) < 4.78 is 0.813. The molecule has 0 spiro atoms. The van der Waals surface area contributed by atoms with Crippen molar-refractivity contribution in [3.63, 3.8) is 0 Å². The van der Waals surface area contributed by atoms with E-state index in [-0.39, 0.29) is 11.6 Å². The van der Waals surface area contributed by atoms with E-state index in [1.54, 1.807) is 11.8 Å². The zero-order valence-electron chi connectivity index (χ0n) is 16.1. The van der Waals surface area contributed by atoms with Crippen LogP contribution in [-0.2, 0) is 0 Å². The van der Waals surface area contributed by atoms with Gasteiger partial charge in [-0.1, -0.05) is 63.6 Å². The second kappa shape index (κ2) is 14.5. The number of rotatable bonds is 12. The number of unbranched alkanes of at least 4 members (excludes halogenated alkanes) is 7. The van der Waals surface area contributed by atoms with E-state index in [2.05, 4.69) is 17.5 Å². The van der Waals surface area contributed by atoms with Gasteiger partial charge in [-0.2, -0.15) is 5.10 Å². The third-order valence-corrected chi connectivity index (χ3v) is 6.11.